The van der Waals surface area contributed by atoms with Gasteiger partial charge in [0.05, 0.1) is 27.4 Å². The largest absolute Gasteiger partial charge is 0.345 e. The topological polar surface area (TPSA) is 139 Å². The number of nitrogens with one attached hydrogen (secondary N) is 2. The maximum atomic E-state index is 12.9. The molecule has 2 heterocycles. The van der Waals surface area contributed by atoms with Crippen LogP contribution in [-0.4, -0.2) is 63.1 Å². The first-order valence-electron chi connectivity index (χ1n) is 13.5. The van der Waals surface area contributed by atoms with Crippen LogP contribution in [0.1, 0.15) is 30.0 Å². The number of benzene rings is 3. The molecule has 0 bridgehead atoms. The molecule has 0 aliphatic rings. The minimum atomic E-state index is -3.62. The molecule has 3 aromatic carbocycles. The third kappa shape index (κ3) is 6.94. The number of thiazole rings is 1. The number of aromatic nitrogens is 4. The summed E-state index contributed by atoms with van der Waals surface area (Å²) in [6, 6.07) is 22.9. The molecule has 222 valence electrons. The Morgan fingerprint density at radius 3 is 2.33 bits per heavy atom. The molecule has 0 fully saturated rings. The van der Waals surface area contributed by atoms with Gasteiger partial charge in [-0.05, 0) is 48.5 Å². The number of hydrogen-bond acceptors (Lipinski definition) is 9. The van der Waals surface area contributed by atoms with Gasteiger partial charge in [0, 0.05) is 24.3 Å². The predicted octanol–water partition coefficient (Wildman–Crippen LogP) is 4.57. The molecule has 0 saturated heterocycles. The van der Waals surface area contributed by atoms with Crippen molar-refractivity contribution in [1.82, 2.24) is 29.4 Å². The zero-order valence-electron chi connectivity index (χ0n) is 23.4. The van der Waals surface area contributed by atoms with E-state index in [9.17, 15) is 18.0 Å². The Hall–Kier alpha value is -4.11. The van der Waals surface area contributed by atoms with Gasteiger partial charge in [0.15, 0.2) is 16.1 Å². The fraction of sp³-hybridized carbons (Fsp3) is 0.207. The van der Waals surface area contributed by atoms with E-state index >= 15 is 0 Å². The second-order valence-corrected chi connectivity index (χ2v) is 13.1. The number of hydrogen-bond donors (Lipinski definition) is 2. The van der Waals surface area contributed by atoms with Gasteiger partial charge >= 0.3 is 0 Å². The van der Waals surface area contributed by atoms with Crippen LogP contribution in [0, 0.1) is 0 Å². The molecule has 43 heavy (non-hydrogen) atoms. The number of sulfonamides is 1. The van der Waals surface area contributed by atoms with Crippen molar-refractivity contribution >= 4 is 60.3 Å². The number of amides is 2. The van der Waals surface area contributed by atoms with Crippen LogP contribution in [0.5, 0.6) is 0 Å². The third-order valence-corrected chi connectivity index (χ3v) is 10.4. The molecule has 5 rings (SSSR count). The summed E-state index contributed by atoms with van der Waals surface area (Å²) in [7, 11) is -3.62. The highest BCUT2D eigenvalue weighted by molar-refractivity contribution is 7.99. The minimum absolute atomic E-state index is 0.0543. The first-order chi connectivity index (χ1) is 20.8. The van der Waals surface area contributed by atoms with Crippen LogP contribution < -0.4 is 10.6 Å². The first-order valence-corrected chi connectivity index (χ1v) is 16.7. The van der Waals surface area contributed by atoms with E-state index in [1.807, 2.05) is 54.6 Å². The summed E-state index contributed by atoms with van der Waals surface area (Å²) in [5.41, 5.74) is 1.91. The molecule has 14 heteroatoms. The van der Waals surface area contributed by atoms with Gasteiger partial charge in [-0.1, -0.05) is 67.3 Å². The summed E-state index contributed by atoms with van der Waals surface area (Å²) in [5.74, 6) is -0.0723. The van der Waals surface area contributed by atoms with Crippen molar-refractivity contribution in [3.8, 4) is 5.69 Å². The summed E-state index contributed by atoms with van der Waals surface area (Å²) < 4.78 is 29.7. The number of para-hydroxylation sites is 2. The van der Waals surface area contributed by atoms with Gasteiger partial charge in [-0.2, -0.15) is 4.31 Å². The molecule has 2 aromatic heterocycles. The Bertz CT molecular complexity index is 1800. The molecule has 0 aliphatic carbocycles. The average molecular weight is 636 g/mol. The van der Waals surface area contributed by atoms with Crippen LogP contribution in [-0.2, 0) is 21.4 Å². The SMILES string of the molecule is CCN(CC)S(=O)(=O)c1ccc(C(=O)NCc2nnc(SCC(=O)Nc3nc4ccccc4s3)n2-c2ccccc2)cc1. The van der Waals surface area contributed by atoms with Crippen LogP contribution in [0.4, 0.5) is 5.13 Å². The molecular formula is C29H29N7O4S3. The molecular weight excluding hydrogens is 607 g/mol. The van der Waals surface area contributed by atoms with Crippen LogP contribution in [0.2, 0.25) is 0 Å². The Labute approximate surface area is 257 Å². The molecule has 11 nitrogen and oxygen atoms in total. The van der Waals surface area contributed by atoms with Gasteiger partial charge in [-0.3, -0.25) is 14.2 Å². The van der Waals surface area contributed by atoms with Crippen LogP contribution in [0.25, 0.3) is 15.9 Å². The van der Waals surface area contributed by atoms with E-state index in [-0.39, 0.29) is 29.0 Å². The number of carbonyl (C=O) groups excluding carboxylic acids is 2. The lowest BCUT2D eigenvalue weighted by molar-refractivity contribution is -0.113. The fourth-order valence-corrected chi connectivity index (χ4v) is 7.42. The molecule has 0 saturated carbocycles. The summed E-state index contributed by atoms with van der Waals surface area (Å²) in [4.78, 5) is 30.2. The molecule has 0 radical (unpaired) electrons. The normalized spacial score (nSPS) is 11.6. The highest BCUT2D eigenvalue weighted by Gasteiger charge is 2.22. The maximum Gasteiger partial charge on any atom is 0.251 e. The van der Waals surface area contributed by atoms with Gasteiger partial charge in [0.25, 0.3) is 5.91 Å². The number of thioether (sulfide) groups is 1. The molecule has 0 atom stereocenters. The zero-order valence-corrected chi connectivity index (χ0v) is 25.9. The molecule has 0 aliphatic heterocycles. The predicted molar refractivity (Wildman–Crippen MR) is 168 cm³/mol. The van der Waals surface area contributed by atoms with E-state index in [1.165, 1.54) is 51.7 Å². The second kappa shape index (κ2) is 13.5. The van der Waals surface area contributed by atoms with Crippen molar-refractivity contribution in [1.29, 1.82) is 0 Å². The summed E-state index contributed by atoms with van der Waals surface area (Å²) in [6.07, 6.45) is 0. The van der Waals surface area contributed by atoms with Gasteiger partial charge in [-0.25, -0.2) is 13.4 Å². The highest BCUT2D eigenvalue weighted by Crippen LogP contribution is 2.27. The van der Waals surface area contributed by atoms with Crippen molar-refractivity contribution in [2.45, 2.75) is 30.4 Å². The lowest BCUT2D eigenvalue weighted by atomic mass is 10.2. The van der Waals surface area contributed by atoms with E-state index in [0.717, 1.165) is 15.9 Å². The molecule has 5 aromatic rings. The summed E-state index contributed by atoms with van der Waals surface area (Å²) >= 11 is 2.62. The quantitative estimate of drug-likeness (QED) is 0.190. The monoisotopic (exact) mass is 635 g/mol. The fourth-order valence-electron chi connectivity index (χ4n) is 4.31. The Morgan fingerprint density at radius 1 is 0.930 bits per heavy atom. The molecule has 0 unspecified atom stereocenters. The maximum absolute atomic E-state index is 12.9. The van der Waals surface area contributed by atoms with Gasteiger partial charge in [-0.15, -0.1) is 10.2 Å². The van der Waals surface area contributed by atoms with Gasteiger partial charge in [0.1, 0.15) is 0 Å². The lowest BCUT2D eigenvalue weighted by Gasteiger charge is -2.18. The van der Waals surface area contributed by atoms with E-state index in [1.54, 1.807) is 18.4 Å². The Kier molecular flexibility index (Phi) is 9.50. The minimum Gasteiger partial charge on any atom is -0.345 e. The number of anilines is 1. The molecule has 2 amide bonds. The smallest absolute Gasteiger partial charge is 0.251 e. The van der Waals surface area contributed by atoms with Crippen molar-refractivity contribution in [2.24, 2.45) is 0 Å². The number of carbonyl (C=O) groups is 2. The van der Waals surface area contributed by atoms with Crippen molar-refractivity contribution in [3.05, 3.63) is 90.3 Å². The highest BCUT2D eigenvalue weighted by atomic mass is 32.2. The average Bonchev–Trinajstić information content (AvgIpc) is 3.63. The van der Waals surface area contributed by atoms with Crippen molar-refractivity contribution in [2.75, 3.05) is 24.2 Å². The van der Waals surface area contributed by atoms with E-state index in [2.05, 4.69) is 25.8 Å². The van der Waals surface area contributed by atoms with E-state index in [4.69, 9.17) is 0 Å². The number of rotatable bonds is 12. The Balaban J connectivity index is 1.27. The summed E-state index contributed by atoms with van der Waals surface area (Å²) in [6.45, 7) is 4.33. The standard InChI is InChI=1S/C29H29N7O4S3/c1-3-35(4-2)43(39,40)22-16-14-20(15-17-22)27(38)30-18-25-33-34-29(36(25)21-10-6-5-7-11-21)41-19-26(37)32-28-31-23-12-8-9-13-24(23)42-28/h5-17H,3-4,18-19H2,1-2H3,(H,30,38)(H,31,32,37). The van der Waals surface area contributed by atoms with Crippen LogP contribution in [0.3, 0.4) is 0 Å². The van der Waals surface area contributed by atoms with Crippen LogP contribution in [0.15, 0.2) is 88.9 Å². The van der Waals surface area contributed by atoms with Crippen LogP contribution >= 0.6 is 23.1 Å². The van der Waals surface area contributed by atoms with E-state index < -0.39 is 10.0 Å². The molecule has 2 N–H and O–H groups in total. The van der Waals surface area contributed by atoms with Crippen molar-refractivity contribution < 1.29 is 18.0 Å². The number of fused-ring (bicyclic) bond motifs is 1. The van der Waals surface area contributed by atoms with E-state index in [0.29, 0.717) is 34.8 Å². The summed E-state index contributed by atoms with van der Waals surface area (Å²) in [5, 5.41) is 15.3. The second-order valence-electron chi connectivity index (χ2n) is 9.19. The zero-order chi connectivity index (χ0) is 30.4. The van der Waals surface area contributed by atoms with Crippen molar-refractivity contribution in [3.63, 3.8) is 0 Å². The Morgan fingerprint density at radius 2 is 1.63 bits per heavy atom. The molecule has 0 spiro atoms. The third-order valence-electron chi connectivity index (χ3n) is 6.45. The van der Waals surface area contributed by atoms with Gasteiger partial charge in [0.2, 0.25) is 15.9 Å². The van der Waals surface area contributed by atoms with Gasteiger partial charge < -0.3 is 10.6 Å². The lowest BCUT2D eigenvalue weighted by Crippen LogP contribution is -2.30. The number of nitrogens with zero attached hydrogens (tertiary/aromatic N) is 5. The first kappa shape index (κ1) is 30.4.